The van der Waals surface area contributed by atoms with Gasteiger partial charge < -0.3 is 4.74 Å². The van der Waals surface area contributed by atoms with Gasteiger partial charge >= 0.3 is 5.97 Å². The van der Waals surface area contributed by atoms with Crippen molar-refractivity contribution in [3.05, 3.63) is 51.7 Å². The molecular weight excluding hydrogens is 334 g/mol. The molecule has 1 heterocycles. The summed E-state index contributed by atoms with van der Waals surface area (Å²) in [5.41, 5.74) is 1.52. The fourth-order valence-electron chi connectivity index (χ4n) is 2.19. The van der Waals surface area contributed by atoms with Gasteiger partial charge in [-0.3, -0.25) is 4.79 Å². The fraction of sp³-hybridized carbons (Fsp3) is 0.312. The second-order valence-electron chi connectivity index (χ2n) is 5.24. The highest BCUT2D eigenvalue weighted by molar-refractivity contribution is 7.89. The van der Waals surface area contributed by atoms with Gasteiger partial charge in [0.2, 0.25) is 10.0 Å². The van der Waals surface area contributed by atoms with Crippen molar-refractivity contribution < 1.29 is 17.9 Å². The number of aryl methyl sites for hydroxylation is 2. The monoisotopic (exact) mass is 353 g/mol. The van der Waals surface area contributed by atoms with Gasteiger partial charge in [-0.25, -0.2) is 13.1 Å². The maximum atomic E-state index is 12.7. The van der Waals surface area contributed by atoms with Gasteiger partial charge in [-0.15, -0.1) is 11.3 Å². The molecule has 0 fully saturated rings. The van der Waals surface area contributed by atoms with Gasteiger partial charge in [0.25, 0.3) is 0 Å². The molecule has 1 N–H and O–H groups in total. The number of sulfonamides is 1. The Morgan fingerprint density at radius 3 is 2.65 bits per heavy atom. The smallest absolute Gasteiger partial charge is 0.307 e. The highest BCUT2D eigenvalue weighted by Gasteiger charge is 2.26. The van der Waals surface area contributed by atoms with Crippen LogP contribution >= 0.6 is 11.3 Å². The Hall–Kier alpha value is -1.70. The van der Waals surface area contributed by atoms with E-state index in [1.165, 1.54) is 18.4 Å². The van der Waals surface area contributed by atoms with Crippen LogP contribution in [0.25, 0.3) is 0 Å². The van der Waals surface area contributed by atoms with Crippen LogP contribution in [0.3, 0.4) is 0 Å². The first-order valence-corrected chi connectivity index (χ1v) is 9.39. The van der Waals surface area contributed by atoms with Crippen LogP contribution in [0.2, 0.25) is 0 Å². The van der Waals surface area contributed by atoms with E-state index in [9.17, 15) is 13.2 Å². The minimum absolute atomic E-state index is 0.0545. The van der Waals surface area contributed by atoms with Gasteiger partial charge in [-0.1, -0.05) is 18.2 Å². The van der Waals surface area contributed by atoms with Gasteiger partial charge in [0.05, 0.1) is 24.5 Å². The summed E-state index contributed by atoms with van der Waals surface area (Å²) in [4.78, 5) is 12.6. The van der Waals surface area contributed by atoms with Gasteiger partial charge in [0.1, 0.15) is 0 Å². The molecule has 0 saturated heterocycles. The minimum atomic E-state index is -3.74. The van der Waals surface area contributed by atoms with E-state index in [-0.39, 0.29) is 11.3 Å². The van der Waals surface area contributed by atoms with Crippen LogP contribution in [0.1, 0.15) is 28.5 Å². The van der Waals surface area contributed by atoms with Gasteiger partial charge in [0.15, 0.2) is 0 Å². The van der Waals surface area contributed by atoms with E-state index >= 15 is 0 Å². The summed E-state index contributed by atoms with van der Waals surface area (Å²) in [7, 11) is -2.46. The molecule has 1 aromatic heterocycles. The summed E-state index contributed by atoms with van der Waals surface area (Å²) >= 11 is 1.39. The van der Waals surface area contributed by atoms with Gasteiger partial charge in [0, 0.05) is 4.88 Å². The zero-order valence-corrected chi connectivity index (χ0v) is 14.8. The molecule has 0 unspecified atom stereocenters. The largest absolute Gasteiger partial charge is 0.469 e. The molecule has 0 amide bonds. The molecule has 7 heteroatoms. The second-order valence-corrected chi connectivity index (χ2v) is 7.90. The van der Waals surface area contributed by atoms with Crippen LogP contribution in [0.4, 0.5) is 0 Å². The molecule has 124 valence electrons. The number of hydrogen-bond donors (Lipinski definition) is 1. The predicted octanol–water partition coefficient (Wildman–Crippen LogP) is 2.95. The predicted molar refractivity (Wildman–Crippen MR) is 89.9 cm³/mol. The lowest BCUT2D eigenvalue weighted by atomic mass is 10.2. The van der Waals surface area contributed by atoms with Crippen molar-refractivity contribution >= 4 is 27.3 Å². The Kier molecular flexibility index (Phi) is 5.56. The summed E-state index contributed by atoms with van der Waals surface area (Å²) in [6.45, 7) is 3.58. The zero-order valence-electron chi connectivity index (χ0n) is 13.2. The van der Waals surface area contributed by atoms with Crippen molar-refractivity contribution in [3.8, 4) is 0 Å². The Morgan fingerprint density at radius 1 is 1.30 bits per heavy atom. The number of rotatable bonds is 6. The third kappa shape index (κ3) is 4.40. The van der Waals surface area contributed by atoms with Crippen molar-refractivity contribution in [3.63, 3.8) is 0 Å². The number of ether oxygens (including phenoxy) is 1. The van der Waals surface area contributed by atoms with E-state index < -0.39 is 22.0 Å². The fourth-order valence-corrected chi connectivity index (χ4v) is 4.58. The average molecular weight is 353 g/mol. The lowest BCUT2D eigenvalue weighted by molar-refractivity contribution is -0.141. The third-order valence-electron chi connectivity index (χ3n) is 3.42. The standard InChI is InChI=1S/C16H19NO4S2/c1-11-6-7-12(2)15(9-11)23(19,20)17-13(10-16(18)21-3)14-5-4-8-22-14/h4-9,13,17H,10H2,1-3H3/t13-/m0/s1. The Labute approximate surface area is 140 Å². The number of esters is 1. The molecule has 0 aliphatic carbocycles. The molecule has 1 aromatic carbocycles. The maximum absolute atomic E-state index is 12.7. The van der Waals surface area contributed by atoms with E-state index in [1.807, 2.05) is 24.4 Å². The highest BCUT2D eigenvalue weighted by Crippen LogP contribution is 2.26. The summed E-state index contributed by atoms with van der Waals surface area (Å²) in [6, 6.07) is 8.22. The number of carbonyl (C=O) groups is 1. The van der Waals surface area contributed by atoms with Gasteiger partial charge in [-0.05, 0) is 42.5 Å². The summed E-state index contributed by atoms with van der Waals surface area (Å²) in [5, 5.41) is 1.84. The number of thiophene rings is 1. The number of nitrogens with one attached hydrogen (secondary N) is 1. The first-order chi connectivity index (χ1) is 10.8. The Morgan fingerprint density at radius 2 is 2.04 bits per heavy atom. The van der Waals surface area contributed by atoms with Crippen LogP contribution in [0.15, 0.2) is 40.6 Å². The van der Waals surface area contributed by atoms with Crippen LogP contribution in [0.5, 0.6) is 0 Å². The summed E-state index contributed by atoms with van der Waals surface area (Å²) in [6.07, 6.45) is -0.0545. The van der Waals surface area contributed by atoms with Crippen molar-refractivity contribution in [1.82, 2.24) is 4.72 Å². The molecule has 1 atom stereocenters. The van der Waals surface area contributed by atoms with Crippen molar-refractivity contribution in [2.75, 3.05) is 7.11 Å². The average Bonchev–Trinajstić information content (AvgIpc) is 3.03. The third-order valence-corrected chi connectivity index (χ3v) is 6.02. The van der Waals surface area contributed by atoms with E-state index in [0.29, 0.717) is 5.56 Å². The number of hydrogen-bond acceptors (Lipinski definition) is 5. The van der Waals surface area contributed by atoms with Gasteiger partial charge in [-0.2, -0.15) is 0 Å². The first-order valence-electron chi connectivity index (χ1n) is 7.03. The second kappa shape index (κ2) is 7.25. The van der Waals surface area contributed by atoms with Crippen LogP contribution in [-0.4, -0.2) is 21.5 Å². The molecule has 0 aliphatic heterocycles. The van der Waals surface area contributed by atoms with E-state index in [4.69, 9.17) is 0 Å². The molecule has 2 rings (SSSR count). The number of benzene rings is 1. The van der Waals surface area contributed by atoms with Crippen LogP contribution < -0.4 is 4.72 Å². The van der Waals surface area contributed by atoms with Crippen molar-refractivity contribution in [1.29, 1.82) is 0 Å². The SMILES string of the molecule is COC(=O)C[C@H](NS(=O)(=O)c1cc(C)ccc1C)c1cccs1. The van der Waals surface area contributed by atoms with E-state index in [2.05, 4.69) is 9.46 Å². The number of methoxy groups -OCH3 is 1. The quantitative estimate of drug-likeness (QED) is 0.811. The topological polar surface area (TPSA) is 72.5 Å². The molecule has 0 spiro atoms. The van der Waals surface area contributed by atoms with E-state index in [1.54, 1.807) is 25.1 Å². The molecular formula is C16H19NO4S2. The Bertz CT molecular complexity index is 782. The van der Waals surface area contributed by atoms with Crippen molar-refractivity contribution in [2.24, 2.45) is 0 Å². The minimum Gasteiger partial charge on any atom is -0.469 e. The molecule has 0 radical (unpaired) electrons. The molecule has 0 aliphatic rings. The number of carbonyl (C=O) groups excluding carboxylic acids is 1. The lowest BCUT2D eigenvalue weighted by Crippen LogP contribution is -2.30. The summed E-state index contributed by atoms with van der Waals surface area (Å²) < 4.78 is 32.7. The Balaban J connectivity index is 2.34. The zero-order chi connectivity index (χ0) is 17.0. The van der Waals surface area contributed by atoms with Crippen LogP contribution in [-0.2, 0) is 19.6 Å². The highest BCUT2D eigenvalue weighted by atomic mass is 32.2. The lowest BCUT2D eigenvalue weighted by Gasteiger charge is -2.18. The van der Waals surface area contributed by atoms with E-state index in [0.717, 1.165) is 10.4 Å². The normalized spacial score (nSPS) is 12.8. The van der Waals surface area contributed by atoms with Crippen molar-refractivity contribution in [2.45, 2.75) is 31.2 Å². The summed E-state index contributed by atoms with van der Waals surface area (Å²) in [5.74, 6) is -0.466. The van der Waals surface area contributed by atoms with Crippen LogP contribution in [0, 0.1) is 13.8 Å². The molecule has 5 nitrogen and oxygen atoms in total. The molecule has 0 bridgehead atoms. The maximum Gasteiger partial charge on any atom is 0.307 e. The molecule has 2 aromatic rings. The molecule has 23 heavy (non-hydrogen) atoms. The molecule has 0 saturated carbocycles. The first kappa shape index (κ1) is 17.7.